The van der Waals surface area contributed by atoms with Crippen molar-refractivity contribution in [2.45, 2.75) is 40.7 Å². The zero-order chi connectivity index (χ0) is 11.5. The summed E-state index contributed by atoms with van der Waals surface area (Å²) in [6, 6.07) is 0. The second-order valence-corrected chi connectivity index (χ2v) is 5.09. The van der Waals surface area contributed by atoms with Crippen LogP contribution in [0.2, 0.25) is 0 Å². The first-order valence-electron chi connectivity index (χ1n) is 5.59. The summed E-state index contributed by atoms with van der Waals surface area (Å²) in [5.41, 5.74) is 1.46. The number of rotatable bonds is 5. The van der Waals surface area contributed by atoms with E-state index in [1.807, 2.05) is 10.9 Å². The van der Waals surface area contributed by atoms with Gasteiger partial charge in [-0.1, -0.05) is 20.8 Å². The molecule has 2 nitrogen and oxygen atoms in total. The average Bonchev–Trinajstić information content (AvgIpc) is 2.65. The lowest BCUT2D eigenvalue weighted by Crippen LogP contribution is -2.28. The Labute approximate surface area is 97.6 Å². The van der Waals surface area contributed by atoms with Gasteiger partial charge in [0.2, 0.25) is 0 Å². The minimum absolute atomic E-state index is 0.170. The van der Waals surface area contributed by atoms with E-state index in [0.717, 1.165) is 13.0 Å². The van der Waals surface area contributed by atoms with Gasteiger partial charge >= 0.3 is 0 Å². The van der Waals surface area contributed by atoms with Crippen LogP contribution in [0.3, 0.4) is 0 Å². The molecule has 1 aromatic rings. The predicted octanol–water partition coefficient (Wildman–Crippen LogP) is 3.35. The van der Waals surface area contributed by atoms with Gasteiger partial charge in [-0.05, 0) is 30.2 Å². The van der Waals surface area contributed by atoms with Crippen LogP contribution >= 0.6 is 11.6 Å². The molecule has 1 aromatic heterocycles. The summed E-state index contributed by atoms with van der Waals surface area (Å²) in [5.74, 6) is 1.28. The smallest absolute Gasteiger partial charge is 0.0521 e. The fourth-order valence-corrected chi connectivity index (χ4v) is 1.95. The molecule has 1 rings (SSSR count). The zero-order valence-corrected chi connectivity index (χ0v) is 10.9. The summed E-state index contributed by atoms with van der Waals surface area (Å²) in [7, 11) is 0. The van der Waals surface area contributed by atoms with E-state index in [0.29, 0.717) is 11.8 Å². The number of halogens is 1. The number of nitrogens with zero attached hydrogens (tertiary/aromatic N) is 2. The molecule has 86 valence electrons. The maximum atomic E-state index is 6.07. The third-order valence-electron chi connectivity index (χ3n) is 3.32. The highest BCUT2D eigenvalue weighted by molar-refractivity contribution is 6.18. The highest BCUT2D eigenvalue weighted by Gasteiger charge is 2.28. The van der Waals surface area contributed by atoms with Gasteiger partial charge in [-0.25, -0.2) is 0 Å². The SMILES string of the molecule is CCn1cc(CC(C)(CCl)C(C)C)cn1. The van der Waals surface area contributed by atoms with Crippen LogP contribution in [0.4, 0.5) is 0 Å². The van der Waals surface area contributed by atoms with Crippen LogP contribution in [0.25, 0.3) is 0 Å². The Bertz CT molecular complexity index is 306. The molecule has 0 radical (unpaired) electrons. The summed E-state index contributed by atoms with van der Waals surface area (Å²) >= 11 is 6.07. The van der Waals surface area contributed by atoms with Gasteiger partial charge < -0.3 is 0 Å². The van der Waals surface area contributed by atoms with Gasteiger partial charge in [0.05, 0.1) is 6.20 Å². The lowest BCUT2D eigenvalue weighted by atomic mass is 9.76. The number of hydrogen-bond donors (Lipinski definition) is 0. The number of alkyl halides is 1. The third kappa shape index (κ3) is 2.97. The molecule has 15 heavy (non-hydrogen) atoms. The Morgan fingerprint density at radius 2 is 2.20 bits per heavy atom. The van der Waals surface area contributed by atoms with E-state index >= 15 is 0 Å². The molecular weight excluding hydrogens is 208 g/mol. The van der Waals surface area contributed by atoms with Gasteiger partial charge in [0.15, 0.2) is 0 Å². The quantitative estimate of drug-likeness (QED) is 0.707. The first-order valence-corrected chi connectivity index (χ1v) is 6.12. The summed E-state index contributed by atoms with van der Waals surface area (Å²) in [4.78, 5) is 0. The summed E-state index contributed by atoms with van der Waals surface area (Å²) in [5, 5.41) is 4.29. The van der Waals surface area contributed by atoms with Crippen molar-refractivity contribution in [3.63, 3.8) is 0 Å². The molecule has 0 N–H and O–H groups in total. The fraction of sp³-hybridized carbons (Fsp3) is 0.750. The Balaban J connectivity index is 2.74. The van der Waals surface area contributed by atoms with E-state index in [1.165, 1.54) is 5.56 Å². The molecular formula is C12H21ClN2. The molecule has 1 unspecified atom stereocenters. The van der Waals surface area contributed by atoms with E-state index in [2.05, 4.69) is 39.0 Å². The highest BCUT2D eigenvalue weighted by atomic mass is 35.5. The van der Waals surface area contributed by atoms with E-state index in [4.69, 9.17) is 11.6 Å². The van der Waals surface area contributed by atoms with Crippen molar-refractivity contribution in [3.8, 4) is 0 Å². The first-order chi connectivity index (χ1) is 7.01. The first kappa shape index (κ1) is 12.6. The van der Waals surface area contributed by atoms with Crippen LogP contribution in [0.5, 0.6) is 0 Å². The van der Waals surface area contributed by atoms with Crippen molar-refractivity contribution < 1.29 is 0 Å². The van der Waals surface area contributed by atoms with Gasteiger partial charge in [0.25, 0.3) is 0 Å². The van der Waals surface area contributed by atoms with Gasteiger partial charge in [-0.15, -0.1) is 11.6 Å². The van der Waals surface area contributed by atoms with Gasteiger partial charge in [0, 0.05) is 18.6 Å². The Hall–Kier alpha value is -0.500. The molecule has 0 aromatic carbocycles. The molecule has 1 atom stereocenters. The van der Waals surface area contributed by atoms with Crippen molar-refractivity contribution in [3.05, 3.63) is 18.0 Å². The minimum atomic E-state index is 0.170. The van der Waals surface area contributed by atoms with Crippen molar-refractivity contribution >= 4 is 11.6 Å². The maximum Gasteiger partial charge on any atom is 0.0521 e. The summed E-state index contributed by atoms with van der Waals surface area (Å²) < 4.78 is 1.96. The molecule has 0 bridgehead atoms. The second-order valence-electron chi connectivity index (χ2n) is 4.82. The average molecular weight is 229 g/mol. The summed E-state index contributed by atoms with van der Waals surface area (Å²) in [6.45, 7) is 9.73. The van der Waals surface area contributed by atoms with E-state index in [9.17, 15) is 0 Å². The van der Waals surface area contributed by atoms with Gasteiger partial charge in [0.1, 0.15) is 0 Å². The fourth-order valence-electron chi connectivity index (χ4n) is 1.54. The molecule has 0 saturated heterocycles. The third-order valence-corrected chi connectivity index (χ3v) is 3.93. The van der Waals surface area contributed by atoms with E-state index in [-0.39, 0.29) is 5.41 Å². The van der Waals surface area contributed by atoms with E-state index < -0.39 is 0 Å². The van der Waals surface area contributed by atoms with E-state index in [1.54, 1.807) is 0 Å². The van der Waals surface area contributed by atoms with Crippen LogP contribution in [-0.2, 0) is 13.0 Å². The standard InChI is InChI=1S/C12H21ClN2/c1-5-15-8-11(7-14-15)6-12(4,9-13)10(2)3/h7-8,10H,5-6,9H2,1-4H3. The molecule has 0 amide bonds. The Morgan fingerprint density at radius 1 is 1.53 bits per heavy atom. The van der Waals surface area contributed by atoms with Crippen LogP contribution in [0.15, 0.2) is 12.4 Å². The van der Waals surface area contributed by atoms with Crippen molar-refractivity contribution in [2.24, 2.45) is 11.3 Å². The molecule has 0 saturated carbocycles. The number of aromatic nitrogens is 2. The molecule has 0 fully saturated rings. The normalized spacial score (nSPS) is 15.6. The molecule has 0 aliphatic carbocycles. The van der Waals surface area contributed by atoms with Crippen molar-refractivity contribution in [1.29, 1.82) is 0 Å². The topological polar surface area (TPSA) is 17.8 Å². The largest absolute Gasteiger partial charge is 0.273 e. The van der Waals surface area contributed by atoms with Crippen LogP contribution in [0, 0.1) is 11.3 Å². The Kier molecular flexibility index (Phi) is 4.21. The molecule has 3 heteroatoms. The molecule has 0 aliphatic rings. The number of hydrogen-bond acceptors (Lipinski definition) is 1. The monoisotopic (exact) mass is 228 g/mol. The molecule has 1 heterocycles. The van der Waals surface area contributed by atoms with Crippen LogP contribution in [-0.4, -0.2) is 15.7 Å². The van der Waals surface area contributed by atoms with Crippen molar-refractivity contribution in [2.75, 3.05) is 5.88 Å². The van der Waals surface area contributed by atoms with Gasteiger partial charge in [-0.3, -0.25) is 4.68 Å². The van der Waals surface area contributed by atoms with Gasteiger partial charge in [-0.2, -0.15) is 5.10 Å². The summed E-state index contributed by atoms with van der Waals surface area (Å²) in [6.07, 6.45) is 5.08. The Morgan fingerprint density at radius 3 is 2.60 bits per heavy atom. The maximum absolute atomic E-state index is 6.07. The second kappa shape index (κ2) is 5.02. The zero-order valence-electron chi connectivity index (χ0n) is 10.1. The van der Waals surface area contributed by atoms with Crippen molar-refractivity contribution in [1.82, 2.24) is 9.78 Å². The molecule has 0 aliphatic heterocycles. The highest BCUT2D eigenvalue weighted by Crippen LogP contribution is 2.32. The lowest BCUT2D eigenvalue weighted by Gasteiger charge is -2.31. The van der Waals surface area contributed by atoms with Crippen LogP contribution < -0.4 is 0 Å². The number of aryl methyl sites for hydroxylation is 1. The predicted molar refractivity (Wildman–Crippen MR) is 65.3 cm³/mol. The van der Waals surface area contributed by atoms with Crippen LogP contribution in [0.1, 0.15) is 33.3 Å². The lowest BCUT2D eigenvalue weighted by molar-refractivity contribution is 0.253. The molecule has 0 spiro atoms. The minimum Gasteiger partial charge on any atom is -0.273 e.